The van der Waals surface area contributed by atoms with Crippen molar-refractivity contribution >= 4 is 42.1 Å². The molecule has 3 rings (SSSR count). The molecule has 0 aromatic carbocycles. The Labute approximate surface area is 154 Å². The molecule has 0 radical (unpaired) electrons. The second kappa shape index (κ2) is 8.65. The first-order valence-electron chi connectivity index (χ1n) is 8.00. The van der Waals surface area contributed by atoms with Crippen molar-refractivity contribution in [2.75, 3.05) is 0 Å². The summed E-state index contributed by atoms with van der Waals surface area (Å²) in [5, 5.41) is 4.09. The number of hydrogen-bond acceptors (Lipinski definition) is 4. The molecule has 2 bridgehead atoms. The Morgan fingerprint density at radius 1 is 1.26 bits per heavy atom. The van der Waals surface area contributed by atoms with Crippen LogP contribution in [0.2, 0.25) is 0 Å². The van der Waals surface area contributed by atoms with Gasteiger partial charge in [-0.15, -0.1) is 36.2 Å². The number of carbonyl (C=O) groups is 1. The van der Waals surface area contributed by atoms with Crippen LogP contribution >= 0.6 is 36.2 Å². The largest absolute Gasteiger partial charge is 0.349 e. The van der Waals surface area contributed by atoms with Gasteiger partial charge in [0.25, 0.3) is 0 Å². The van der Waals surface area contributed by atoms with Crippen LogP contribution in [0, 0.1) is 31.6 Å². The SMILES string of the molecule is Cc1nc(CNC(=O)C2CC3CCCC(C2)C3N)sc1C.Cl.Cl. The van der Waals surface area contributed by atoms with Gasteiger partial charge in [0.2, 0.25) is 5.91 Å². The van der Waals surface area contributed by atoms with Gasteiger partial charge in [-0.3, -0.25) is 4.79 Å². The summed E-state index contributed by atoms with van der Waals surface area (Å²) in [6, 6.07) is 0.326. The second-order valence-corrected chi connectivity index (χ2v) is 7.95. The molecule has 0 aliphatic heterocycles. The fourth-order valence-electron chi connectivity index (χ4n) is 3.93. The summed E-state index contributed by atoms with van der Waals surface area (Å²) >= 11 is 1.67. The minimum absolute atomic E-state index is 0. The number of aromatic nitrogens is 1. The predicted octanol–water partition coefficient (Wildman–Crippen LogP) is 3.37. The normalized spacial score (nSPS) is 29.2. The molecule has 3 N–H and O–H groups in total. The molecule has 1 aromatic heterocycles. The van der Waals surface area contributed by atoms with Crippen LogP contribution in [0.25, 0.3) is 0 Å². The standard InChI is InChI=1S/C16H25N3OS.2ClH/c1-9-10(2)21-14(19-9)8-18-16(20)13-6-11-4-3-5-12(7-13)15(11)17;;/h11-13,15H,3-8,17H2,1-2H3,(H,18,20);2*1H. The van der Waals surface area contributed by atoms with Crippen LogP contribution in [0.1, 0.15) is 47.7 Å². The zero-order valence-corrected chi connectivity index (χ0v) is 16.2. The monoisotopic (exact) mass is 379 g/mol. The first kappa shape index (κ1) is 20.7. The fourth-order valence-corrected chi connectivity index (χ4v) is 4.80. The number of halogens is 2. The van der Waals surface area contributed by atoms with E-state index in [9.17, 15) is 4.79 Å². The minimum Gasteiger partial charge on any atom is -0.349 e. The van der Waals surface area contributed by atoms with Crippen LogP contribution in [0.15, 0.2) is 0 Å². The third kappa shape index (κ3) is 4.59. The van der Waals surface area contributed by atoms with Crippen LogP contribution in [-0.2, 0) is 11.3 Å². The predicted molar refractivity (Wildman–Crippen MR) is 99.5 cm³/mol. The van der Waals surface area contributed by atoms with E-state index in [0.29, 0.717) is 24.4 Å². The van der Waals surface area contributed by atoms with Gasteiger partial charge < -0.3 is 11.1 Å². The number of aryl methyl sites for hydroxylation is 2. The van der Waals surface area contributed by atoms with E-state index in [0.717, 1.165) is 23.5 Å². The molecular formula is C16H27Cl2N3OS. The first-order valence-corrected chi connectivity index (χ1v) is 8.82. The average Bonchev–Trinajstić information content (AvgIpc) is 2.75. The number of nitrogens with two attached hydrogens (primary N) is 1. The molecular weight excluding hydrogens is 353 g/mol. The number of thiazole rings is 1. The summed E-state index contributed by atoms with van der Waals surface area (Å²) in [6.45, 7) is 4.65. The van der Waals surface area contributed by atoms with Crippen molar-refractivity contribution < 1.29 is 4.79 Å². The fraction of sp³-hybridized carbons (Fsp3) is 0.750. The van der Waals surface area contributed by atoms with E-state index >= 15 is 0 Å². The van der Waals surface area contributed by atoms with Crippen molar-refractivity contribution in [2.45, 2.75) is 58.5 Å². The zero-order valence-electron chi connectivity index (χ0n) is 13.7. The molecule has 2 aliphatic carbocycles. The van der Waals surface area contributed by atoms with Gasteiger partial charge in [0.1, 0.15) is 5.01 Å². The minimum atomic E-state index is 0. The van der Waals surface area contributed by atoms with Crippen LogP contribution < -0.4 is 11.1 Å². The van der Waals surface area contributed by atoms with Crippen LogP contribution in [-0.4, -0.2) is 16.9 Å². The van der Waals surface area contributed by atoms with Crippen LogP contribution in [0.4, 0.5) is 0 Å². The van der Waals surface area contributed by atoms with Gasteiger partial charge in [0.05, 0.1) is 12.2 Å². The van der Waals surface area contributed by atoms with Gasteiger partial charge in [-0.25, -0.2) is 4.98 Å². The van der Waals surface area contributed by atoms with Crippen molar-refractivity contribution in [3.8, 4) is 0 Å². The van der Waals surface area contributed by atoms with Gasteiger partial charge in [-0.1, -0.05) is 6.42 Å². The van der Waals surface area contributed by atoms with E-state index in [2.05, 4.69) is 17.2 Å². The first-order chi connectivity index (χ1) is 10.0. The lowest BCUT2D eigenvalue weighted by molar-refractivity contribution is -0.128. The molecule has 4 nitrogen and oxygen atoms in total. The number of amides is 1. The molecule has 0 spiro atoms. The Morgan fingerprint density at radius 2 is 1.87 bits per heavy atom. The van der Waals surface area contributed by atoms with E-state index in [-0.39, 0.29) is 36.6 Å². The van der Waals surface area contributed by atoms with Gasteiger partial charge in [0, 0.05) is 16.8 Å². The Morgan fingerprint density at radius 3 is 2.39 bits per heavy atom. The van der Waals surface area contributed by atoms with Crippen molar-refractivity contribution in [1.82, 2.24) is 10.3 Å². The molecule has 132 valence electrons. The average molecular weight is 380 g/mol. The van der Waals surface area contributed by atoms with Crippen LogP contribution in [0.5, 0.6) is 0 Å². The second-order valence-electron chi connectivity index (χ2n) is 6.66. The molecule has 2 unspecified atom stereocenters. The maximum absolute atomic E-state index is 12.4. The number of rotatable bonds is 3. The summed E-state index contributed by atoms with van der Waals surface area (Å²) in [4.78, 5) is 18.1. The summed E-state index contributed by atoms with van der Waals surface area (Å²) < 4.78 is 0. The maximum atomic E-state index is 12.4. The number of hydrogen-bond donors (Lipinski definition) is 2. The van der Waals surface area contributed by atoms with Crippen molar-refractivity contribution in [3.05, 3.63) is 15.6 Å². The van der Waals surface area contributed by atoms with E-state index in [1.165, 1.54) is 24.1 Å². The van der Waals surface area contributed by atoms with Crippen molar-refractivity contribution in [3.63, 3.8) is 0 Å². The Balaban J connectivity index is 0.00000132. The third-order valence-electron chi connectivity index (χ3n) is 5.27. The number of nitrogens with zero attached hydrogens (tertiary/aromatic N) is 1. The smallest absolute Gasteiger partial charge is 0.223 e. The third-order valence-corrected chi connectivity index (χ3v) is 6.34. The Bertz CT molecular complexity index is 504. The number of nitrogens with one attached hydrogen (secondary N) is 1. The van der Waals surface area contributed by atoms with E-state index in [1.807, 2.05) is 6.92 Å². The van der Waals surface area contributed by atoms with E-state index in [4.69, 9.17) is 5.73 Å². The lowest BCUT2D eigenvalue weighted by atomic mass is 9.65. The van der Waals surface area contributed by atoms with Gasteiger partial charge >= 0.3 is 0 Å². The summed E-state index contributed by atoms with van der Waals surface area (Å²) in [7, 11) is 0. The molecule has 1 amide bonds. The highest BCUT2D eigenvalue weighted by molar-refractivity contribution is 7.11. The quantitative estimate of drug-likeness (QED) is 0.845. The zero-order chi connectivity index (χ0) is 15.0. The topological polar surface area (TPSA) is 68.0 Å². The molecule has 2 fully saturated rings. The van der Waals surface area contributed by atoms with Gasteiger partial charge in [0.15, 0.2) is 0 Å². The maximum Gasteiger partial charge on any atom is 0.223 e. The lowest BCUT2D eigenvalue weighted by Crippen LogP contribution is -2.49. The highest BCUT2D eigenvalue weighted by atomic mass is 35.5. The molecule has 23 heavy (non-hydrogen) atoms. The molecule has 2 saturated carbocycles. The van der Waals surface area contributed by atoms with E-state index < -0.39 is 0 Å². The van der Waals surface area contributed by atoms with Crippen molar-refractivity contribution in [2.24, 2.45) is 23.5 Å². The molecule has 2 aliphatic rings. The molecule has 0 saturated heterocycles. The van der Waals surface area contributed by atoms with Gasteiger partial charge in [-0.05, 0) is 51.4 Å². The molecule has 1 aromatic rings. The highest BCUT2D eigenvalue weighted by Gasteiger charge is 2.40. The number of fused-ring (bicyclic) bond motifs is 2. The highest BCUT2D eigenvalue weighted by Crippen LogP contribution is 2.41. The molecule has 2 atom stereocenters. The summed E-state index contributed by atoms with van der Waals surface area (Å²) in [5.74, 6) is 1.46. The summed E-state index contributed by atoms with van der Waals surface area (Å²) in [6.07, 6.45) is 5.63. The van der Waals surface area contributed by atoms with Crippen molar-refractivity contribution in [1.29, 1.82) is 0 Å². The summed E-state index contributed by atoms with van der Waals surface area (Å²) in [5.41, 5.74) is 7.36. The number of carbonyl (C=O) groups excluding carboxylic acids is 1. The van der Waals surface area contributed by atoms with Gasteiger partial charge in [-0.2, -0.15) is 0 Å². The molecule has 7 heteroatoms. The lowest BCUT2D eigenvalue weighted by Gasteiger charge is -2.43. The van der Waals surface area contributed by atoms with E-state index in [1.54, 1.807) is 11.3 Å². The Kier molecular flexibility index (Phi) is 7.78. The Hall–Kier alpha value is -0.360. The molecule has 1 heterocycles. The van der Waals surface area contributed by atoms with Crippen LogP contribution in [0.3, 0.4) is 0 Å².